The highest BCUT2D eigenvalue weighted by molar-refractivity contribution is 6.13. The summed E-state index contributed by atoms with van der Waals surface area (Å²) in [5, 5.41) is 21.2. The molecule has 2 aromatic carbocycles. The van der Waals surface area contributed by atoms with Crippen LogP contribution in [0.5, 0.6) is 11.5 Å². The number of hydrogen-bond acceptors (Lipinski definition) is 3. The number of phenolic OH excluding ortho intramolecular Hbond substituents is 2. The van der Waals surface area contributed by atoms with Crippen molar-refractivity contribution >= 4 is 5.78 Å². The molecule has 0 unspecified atom stereocenters. The second-order valence-electron chi connectivity index (χ2n) is 7.38. The Bertz CT molecular complexity index is 773. The number of carbonyl (C=O) groups excluding carboxylic acids is 1. The molecule has 0 spiro atoms. The van der Waals surface area contributed by atoms with Crippen LogP contribution in [0.1, 0.15) is 75.7 Å². The van der Waals surface area contributed by atoms with Gasteiger partial charge in [0.1, 0.15) is 11.5 Å². The van der Waals surface area contributed by atoms with E-state index in [0.29, 0.717) is 23.0 Å². The molecule has 3 nitrogen and oxygen atoms in total. The van der Waals surface area contributed by atoms with E-state index in [4.69, 9.17) is 0 Å². The molecular weight excluding hydrogens is 300 g/mol. The van der Waals surface area contributed by atoms with E-state index in [1.807, 2.05) is 26.0 Å². The van der Waals surface area contributed by atoms with Crippen LogP contribution in [0.25, 0.3) is 0 Å². The van der Waals surface area contributed by atoms with Gasteiger partial charge in [-0.2, -0.15) is 0 Å². The number of benzene rings is 2. The van der Waals surface area contributed by atoms with Gasteiger partial charge < -0.3 is 10.2 Å². The Kier molecular flexibility index (Phi) is 3.41. The number of aromatic hydroxyl groups is 2. The van der Waals surface area contributed by atoms with E-state index in [1.54, 1.807) is 12.1 Å². The second-order valence-corrected chi connectivity index (χ2v) is 7.38. The summed E-state index contributed by atoms with van der Waals surface area (Å²) in [6.07, 6.45) is 4.25. The van der Waals surface area contributed by atoms with Gasteiger partial charge in [0, 0.05) is 0 Å². The first-order chi connectivity index (χ1) is 11.5. The molecule has 2 fully saturated rings. The Balaban J connectivity index is 1.82. The van der Waals surface area contributed by atoms with Gasteiger partial charge in [-0.25, -0.2) is 0 Å². The Morgan fingerprint density at radius 3 is 1.50 bits per heavy atom. The van der Waals surface area contributed by atoms with Crippen LogP contribution < -0.4 is 0 Å². The maximum absolute atomic E-state index is 13.1. The minimum atomic E-state index is -0.291. The lowest BCUT2D eigenvalue weighted by Gasteiger charge is -2.14. The third-order valence-electron chi connectivity index (χ3n) is 5.09. The first kappa shape index (κ1) is 15.3. The number of hydrogen-bond donors (Lipinski definition) is 2. The highest BCUT2D eigenvalue weighted by Crippen LogP contribution is 2.48. The lowest BCUT2D eigenvalue weighted by atomic mass is 9.92. The lowest BCUT2D eigenvalue weighted by molar-refractivity contribution is 0.103. The Labute approximate surface area is 142 Å². The van der Waals surface area contributed by atoms with E-state index in [9.17, 15) is 15.0 Å². The van der Waals surface area contributed by atoms with Gasteiger partial charge in [0.15, 0.2) is 0 Å². The van der Waals surface area contributed by atoms with Gasteiger partial charge in [0.25, 0.3) is 0 Å². The molecule has 0 aromatic heterocycles. The van der Waals surface area contributed by atoms with Crippen LogP contribution in [0, 0.1) is 13.8 Å². The maximum atomic E-state index is 13.1. The molecule has 0 saturated heterocycles. The topological polar surface area (TPSA) is 57.5 Å². The van der Waals surface area contributed by atoms with Crippen LogP contribution in [0.4, 0.5) is 0 Å². The quantitative estimate of drug-likeness (QED) is 0.802. The number of carbonyl (C=O) groups is 1. The Hall–Kier alpha value is -2.29. The van der Waals surface area contributed by atoms with Crippen LogP contribution in [0.3, 0.4) is 0 Å². The lowest BCUT2D eigenvalue weighted by Crippen LogP contribution is -2.06. The molecule has 2 N–H and O–H groups in total. The summed E-state index contributed by atoms with van der Waals surface area (Å²) >= 11 is 0. The smallest absolute Gasteiger partial charge is 0.200 e. The summed E-state index contributed by atoms with van der Waals surface area (Å²) in [6.45, 7) is 3.88. The summed E-state index contributed by atoms with van der Waals surface area (Å²) in [6, 6.07) is 7.38. The zero-order chi connectivity index (χ0) is 17.0. The summed E-state index contributed by atoms with van der Waals surface area (Å²) in [7, 11) is 0. The minimum absolute atomic E-state index is 0.0852. The van der Waals surface area contributed by atoms with E-state index >= 15 is 0 Å². The number of rotatable bonds is 4. The van der Waals surface area contributed by atoms with Gasteiger partial charge in [0.05, 0.1) is 11.1 Å². The fourth-order valence-corrected chi connectivity index (χ4v) is 3.52. The molecule has 4 rings (SSSR count). The van der Waals surface area contributed by atoms with E-state index in [1.165, 1.54) is 0 Å². The summed E-state index contributed by atoms with van der Waals surface area (Å²) < 4.78 is 0. The van der Waals surface area contributed by atoms with Crippen LogP contribution in [0.15, 0.2) is 24.3 Å². The first-order valence-electron chi connectivity index (χ1n) is 8.67. The molecule has 0 aliphatic heterocycles. The van der Waals surface area contributed by atoms with Crippen molar-refractivity contribution < 1.29 is 15.0 Å². The molecule has 3 heteroatoms. The van der Waals surface area contributed by atoms with Crippen molar-refractivity contribution in [2.75, 3.05) is 0 Å². The zero-order valence-electron chi connectivity index (χ0n) is 14.1. The second kappa shape index (κ2) is 5.37. The number of phenols is 2. The van der Waals surface area contributed by atoms with Gasteiger partial charge in [0.2, 0.25) is 5.78 Å². The summed E-state index contributed by atoms with van der Waals surface area (Å²) in [5.74, 6) is 0.610. The van der Waals surface area contributed by atoms with Crippen LogP contribution in [-0.2, 0) is 0 Å². The predicted molar refractivity (Wildman–Crippen MR) is 93.1 cm³/mol. The van der Waals surface area contributed by atoms with E-state index in [0.717, 1.165) is 47.9 Å². The average Bonchev–Trinajstić information content (AvgIpc) is 3.42. The third-order valence-corrected chi connectivity index (χ3v) is 5.09. The number of ketones is 1. The van der Waals surface area contributed by atoms with Gasteiger partial charge in [-0.1, -0.05) is 12.1 Å². The molecule has 2 saturated carbocycles. The van der Waals surface area contributed by atoms with Crippen LogP contribution >= 0.6 is 0 Å². The van der Waals surface area contributed by atoms with Gasteiger partial charge in [-0.15, -0.1) is 0 Å². The van der Waals surface area contributed by atoms with E-state index in [-0.39, 0.29) is 17.3 Å². The first-order valence-corrected chi connectivity index (χ1v) is 8.67. The standard InChI is InChI=1S/C21H22O3/c1-11-7-15(13-3-4-13)19(22)17(9-11)21(24)18-10-12(2)8-16(20(18)23)14-5-6-14/h7-10,13-14,22-23H,3-6H2,1-2H3. The molecule has 0 atom stereocenters. The molecule has 2 aromatic rings. The molecular formula is C21H22O3. The maximum Gasteiger partial charge on any atom is 0.200 e. The Morgan fingerprint density at radius 2 is 1.17 bits per heavy atom. The van der Waals surface area contributed by atoms with Crippen molar-refractivity contribution in [3.63, 3.8) is 0 Å². The molecule has 24 heavy (non-hydrogen) atoms. The molecule has 0 bridgehead atoms. The number of aryl methyl sites for hydroxylation is 2. The van der Waals surface area contributed by atoms with Crippen LogP contribution in [0.2, 0.25) is 0 Å². The molecule has 124 valence electrons. The van der Waals surface area contributed by atoms with Crippen molar-refractivity contribution in [3.8, 4) is 11.5 Å². The normalized spacial score (nSPS) is 17.1. The van der Waals surface area contributed by atoms with Crippen molar-refractivity contribution in [3.05, 3.63) is 57.6 Å². The van der Waals surface area contributed by atoms with Crippen LogP contribution in [-0.4, -0.2) is 16.0 Å². The zero-order valence-corrected chi connectivity index (χ0v) is 14.1. The third kappa shape index (κ3) is 2.58. The van der Waals surface area contributed by atoms with Crippen molar-refractivity contribution in [1.82, 2.24) is 0 Å². The van der Waals surface area contributed by atoms with Crippen molar-refractivity contribution in [2.24, 2.45) is 0 Å². The molecule has 0 amide bonds. The molecule has 0 radical (unpaired) electrons. The minimum Gasteiger partial charge on any atom is -0.507 e. The fourth-order valence-electron chi connectivity index (χ4n) is 3.52. The predicted octanol–water partition coefficient (Wildman–Crippen LogP) is 4.70. The molecule has 2 aliphatic rings. The van der Waals surface area contributed by atoms with Crippen molar-refractivity contribution in [2.45, 2.75) is 51.4 Å². The van der Waals surface area contributed by atoms with E-state index < -0.39 is 0 Å². The van der Waals surface area contributed by atoms with Gasteiger partial charge in [-0.3, -0.25) is 4.79 Å². The fraction of sp³-hybridized carbons (Fsp3) is 0.381. The monoisotopic (exact) mass is 322 g/mol. The highest BCUT2D eigenvalue weighted by atomic mass is 16.3. The molecule has 0 heterocycles. The highest BCUT2D eigenvalue weighted by Gasteiger charge is 2.32. The van der Waals surface area contributed by atoms with Gasteiger partial charge in [-0.05, 0) is 85.8 Å². The largest absolute Gasteiger partial charge is 0.507 e. The van der Waals surface area contributed by atoms with Gasteiger partial charge >= 0.3 is 0 Å². The summed E-state index contributed by atoms with van der Waals surface area (Å²) in [4.78, 5) is 13.1. The average molecular weight is 322 g/mol. The Morgan fingerprint density at radius 1 is 0.792 bits per heavy atom. The summed E-state index contributed by atoms with van der Waals surface area (Å²) in [5.41, 5.74) is 4.28. The molecule has 2 aliphatic carbocycles. The van der Waals surface area contributed by atoms with E-state index in [2.05, 4.69) is 0 Å². The SMILES string of the molecule is Cc1cc(C(=O)c2cc(C)cc(C3CC3)c2O)c(O)c(C2CC2)c1. The van der Waals surface area contributed by atoms with Crippen molar-refractivity contribution in [1.29, 1.82) is 0 Å².